The number of hydrogen-bond acceptors (Lipinski definition) is 5. The number of aromatic nitrogens is 1. The molecule has 3 aromatic rings. The first kappa shape index (κ1) is 23.0. The maximum atomic E-state index is 16.0. The van der Waals surface area contributed by atoms with Gasteiger partial charge in [-0.25, -0.2) is 13.8 Å². The van der Waals surface area contributed by atoms with Crippen LogP contribution in [0.1, 0.15) is 22.5 Å². The van der Waals surface area contributed by atoms with Crippen LogP contribution in [0.5, 0.6) is 5.75 Å². The van der Waals surface area contributed by atoms with Crippen molar-refractivity contribution in [1.82, 2.24) is 9.88 Å². The standard InChI is InChI=1S/C26H20ClF2N3O3/c1-2-20(35)31-9-11-32(12-10-31)26-14-13-15(27)21(22-16(28)5-3-7-18(22)33)24(29)25(14)30-17-6-4-8-19(34)23(17)26/h2-7,13,33H,1,8-12H2. The molecule has 35 heavy (non-hydrogen) atoms. The van der Waals surface area contributed by atoms with E-state index in [0.717, 1.165) is 6.07 Å². The topological polar surface area (TPSA) is 73.7 Å². The van der Waals surface area contributed by atoms with Crippen molar-refractivity contribution >= 4 is 46.0 Å². The molecule has 1 aliphatic carbocycles. The molecule has 1 aromatic heterocycles. The van der Waals surface area contributed by atoms with Gasteiger partial charge in [-0.1, -0.05) is 30.3 Å². The Balaban J connectivity index is 1.75. The van der Waals surface area contributed by atoms with Crippen LogP contribution >= 0.6 is 11.6 Å². The molecule has 1 aliphatic heterocycles. The highest BCUT2D eigenvalue weighted by molar-refractivity contribution is 6.34. The number of nitrogens with zero attached hydrogens (tertiary/aromatic N) is 3. The second-order valence-electron chi connectivity index (χ2n) is 8.34. The Labute approximate surface area is 204 Å². The molecule has 0 radical (unpaired) electrons. The highest BCUT2D eigenvalue weighted by atomic mass is 35.5. The monoisotopic (exact) mass is 495 g/mol. The summed E-state index contributed by atoms with van der Waals surface area (Å²) in [5.74, 6) is -2.54. The number of phenols is 1. The minimum absolute atomic E-state index is 0.0928. The zero-order valence-corrected chi connectivity index (χ0v) is 19.3. The zero-order chi connectivity index (χ0) is 24.9. The Hall–Kier alpha value is -3.78. The van der Waals surface area contributed by atoms with Gasteiger partial charge in [0.25, 0.3) is 0 Å². The Bertz CT molecular complexity index is 1430. The third-order valence-electron chi connectivity index (χ3n) is 6.35. The first-order valence-corrected chi connectivity index (χ1v) is 11.4. The van der Waals surface area contributed by atoms with E-state index in [4.69, 9.17) is 11.6 Å². The molecular formula is C26H20ClF2N3O3. The molecule has 2 aromatic carbocycles. The lowest BCUT2D eigenvalue weighted by Crippen LogP contribution is -2.48. The smallest absolute Gasteiger partial charge is 0.246 e. The number of fused-ring (bicyclic) bond motifs is 2. The number of benzene rings is 2. The van der Waals surface area contributed by atoms with Gasteiger partial charge in [0.1, 0.15) is 17.1 Å². The van der Waals surface area contributed by atoms with Crippen LogP contribution in [0.4, 0.5) is 14.5 Å². The summed E-state index contributed by atoms with van der Waals surface area (Å²) in [4.78, 5) is 33.0. The van der Waals surface area contributed by atoms with E-state index in [1.807, 2.05) is 4.90 Å². The summed E-state index contributed by atoms with van der Waals surface area (Å²) in [5, 5.41) is 10.4. The number of carbonyl (C=O) groups is 2. The number of Topliss-reactive ketones (excluding diaryl/α,β-unsaturated/α-hetero) is 1. The van der Waals surface area contributed by atoms with Crippen LogP contribution in [-0.2, 0) is 4.79 Å². The van der Waals surface area contributed by atoms with Crippen molar-refractivity contribution in [2.45, 2.75) is 6.42 Å². The van der Waals surface area contributed by atoms with Gasteiger partial charge < -0.3 is 14.9 Å². The van der Waals surface area contributed by atoms with Crippen molar-refractivity contribution in [3.63, 3.8) is 0 Å². The van der Waals surface area contributed by atoms with Crippen molar-refractivity contribution in [2.75, 3.05) is 31.1 Å². The van der Waals surface area contributed by atoms with E-state index in [1.54, 1.807) is 17.1 Å². The van der Waals surface area contributed by atoms with Crippen molar-refractivity contribution in [2.24, 2.45) is 0 Å². The SMILES string of the molecule is C=CC(=O)N1CCN(c2c3c(nc4c(F)c(-c5c(O)cccc5F)c(Cl)cc24)C=CCC3=O)CC1. The van der Waals surface area contributed by atoms with Gasteiger partial charge in [-0.15, -0.1) is 0 Å². The van der Waals surface area contributed by atoms with Gasteiger partial charge in [0.05, 0.1) is 27.5 Å². The fraction of sp³-hybridized carbons (Fsp3) is 0.192. The number of aromatic hydroxyl groups is 1. The van der Waals surface area contributed by atoms with Crippen molar-refractivity contribution in [3.05, 3.63) is 70.9 Å². The minimum Gasteiger partial charge on any atom is -0.507 e. The molecule has 1 N–H and O–H groups in total. The van der Waals surface area contributed by atoms with E-state index in [-0.39, 0.29) is 39.8 Å². The number of rotatable bonds is 3. The number of carbonyl (C=O) groups excluding carboxylic acids is 2. The predicted octanol–water partition coefficient (Wildman–Crippen LogP) is 4.97. The third kappa shape index (κ3) is 3.74. The number of amides is 1. The largest absolute Gasteiger partial charge is 0.507 e. The van der Waals surface area contributed by atoms with Crippen molar-refractivity contribution in [1.29, 1.82) is 0 Å². The molecule has 1 saturated heterocycles. The summed E-state index contributed by atoms with van der Waals surface area (Å²) < 4.78 is 30.6. The lowest BCUT2D eigenvalue weighted by Gasteiger charge is -2.37. The normalized spacial score (nSPS) is 15.5. The fourth-order valence-electron chi connectivity index (χ4n) is 4.70. The molecule has 0 spiro atoms. The number of phenolic OH excluding ortho intramolecular Hbond substituents is 1. The molecule has 0 unspecified atom stereocenters. The first-order valence-electron chi connectivity index (χ1n) is 11.0. The Morgan fingerprint density at radius 2 is 1.89 bits per heavy atom. The molecule has 0 atom stereocenters. The van der Waals surface area contributed by atoms with Crippen LogP contribution in [-0.4, -0.2) is 52.9 Å². The Morgan fingerprint density at radius 1 is 1.14 bits per heavy atom. The third-order valence-corrected chi connectivity index (χ3v) is 6.65. The van der Waals surface area contributed by atoms with Crippen LogP contribution in [0, 0.1) is 11.6 Å². The zero-order valence-electron chi connectivity index (χ0n) is 18.5. The summed E-state index contributed by atoms with van der Waals surface area (Å²) >= 11 is 6.47. The molecule has 2 aliphatic rings. The highest BCUT2D eigenvalue weighted by Gasteiger charge is 2.31. The number of halogens is 3. The summed E-state index contributed by atoms with van der Waals surface area (Å²) in [5.41, 5.74) is 0.389. The number of anilines is 1. The van der Waals surface area contributed by atoms with Crippen molar-refractivity contribution < 1.29 is 23.5 Å². The quantitative estimate of drug-likeness (QED) is 0.519. The van der Waals surface area contributed by atoms with Gasteiger partial charge in [0, 0.05) is 43.5 Å². The van der Waals surface area contributed by atoms with E-state index in [1.165, 1.54) is 24.3 Å². The lowest BCUT2D eigenvalue weighted by molar-refractivity contribution is -0.126. The molecule has 0 saturated carbocycles. The molecule has 5 rings (SSSR count). The molecule has 1 amide bonds. The Kier molecular flexibility index (Phi) is 5.76. The molecule has 178 valence electrons. The fourth-order valence-corrected chi connectivity index (χ4v) is 4.99. The van der Waals surface area contributed by atoms with E-state index < -0.39 is 17.4 Å². The molecule has 6 nitrogen and oxygen atoms in total. The maximum absolute atomic E-state index is 16.0. The molecule has 9 heteroatoms. The second kappa shape index (κ2) is 8.78. The highest BCUT2D eigenvalue weighted by Crippen LogP contribution is 2.44. The summed E-state index contributed by atoms with van der Waals surface area (Å²) in [6, 6.07) is 5.11. The molecule has 0 bridgehead atoms. The Morgan fingerprint density at radius 3 is 2.57 bits per heavy atom. The van der Waals surface area contributed by atoms with Gasteiger partial charge in [0.15, 0.2) is 11.6 Å². The maximum Gasteiger partial charge on any atom is 0.246 e. The van der Waals surface area contributed by atoms with E-state index >= 15 is 4.39 Å². The molecule has 2 heterocycles. The number of allylic oxidation sites excluding steroid dienone is 1. The van der Waals surface area contributed by atoms with Gasteiger partial charge in [0.2, 0.25) is 5.91 Å². The number of piperazine rings is 1. The van der Waals surface area contributed by atoms with Crippen LogP contribution in [0.2, 0.25) is 5.02 Å². The lowest BCUT2D eigenvalue weighted by atomic mass is 9.93. The van der Waals surface area contributed by atoms with E-state index in [2.05, 4.69) is 11.6 Å². The van der Waals surface area contributed by atoms with Gasteiger partial charge in [-0.3, -0.25) is 9.59 Å². The first-order chi connectivity index (χ1) is 16.8. The van der Waals surface area contributed by atoms with Crippen LogP contribution in [0.25, 0.3) is 28.1 Å². The van der Waals surface area contributed by atoms with Crippen LogP contribution < -0.4 is 4.90 Å². The number of hydrogen-bond donors (Lipinski definition) is 1. The molecule has 1 fully saturated rings. The second-order valence-corrected chi connectivity index (χ2v) is 8.75. The van der Waals surface area contributed by atoms with Crippen LogP contribution in [0.3, 0.4) is 0 Å². The predicted molar refractivity (Wildman–Crippen MR) is 131 cm³/mol. The van der Waals surface area contributed by atoms with Crippen molar-refractivity contribution in [3.8, 4) is 16.9 Å². The minimum atomic E-state index is -0.899. The van der Waals surface area contributed by atoms with Gasteiger partial charge in [-0.2, -0.15) is 0 Å². The summed E-state index contributed by atoms with van der Waals surface area (Å²) in [6.07, 6.45) is 4.75. The number of pyridine rings is 1. The summed E-state index contributed by atoms with van der Waals surface area (Å²) in [6.45, 7) is 5.11. The van der Waals surface area contributed by atoms with E-state index in [0.29, 0.717) is 48.5 Å². The van der Waals surface area contributed by atoms with E-state index in [9.17, 15) is 19.1 Å². The van der Waals surface area contributed by atoms with Crippen LogP contribution in [0.15, 0.2) is 43.0 Å². The average Bonchev–Trinajstić information content (AvgIpc) is 2.85. The van der Waals surface area contributed by atoms with Gasteiger partial charge >= 0.3 is 0 Å². The number of ketones is 1. The van der Waals surface area contributed by atoms with Gasteiger partial charge in [-0.05, 0) is 30.4 Å². The summed E-state index contributed by atoms with van der Waals surface area (Å²) in [7, 11) is 0. The molecular weight excluding hydrogens is 476 g/mol. The average molecular weight is 496 g/mol.